The van der Waals surface area contributed by atoms with Crippen LogP contribution in [0.1, 0.15) is 58.9 Å². The summed E-state index contributed by atoms with van der Waals surface area (Å²) in [6.45, 7) is 8.15. The largest absolute Gasteiger partial charge is 0.396 e. The van der Waals surface area contributed by atoms with Crippen LogP contribution >= 0.6 is 11.6 Å². The quantitative estimate of drug-likeness (QED) is 0.754. The maximum absolute atomic E-state index is 12.7. The van der Waals surface area contributed by atoms with Gasteiger partial charge >= 0.3 is 0 Å². The van der Waals surface area contributed by atoms with Gasteiger partial charge in [-0.15, -0.1) is 0 Å². The van der Waals surface area contributed by atoms with Crippen molar-refractivity contribution < 1.29 is 9.32 Å². The minimum atomic E-state index is -1.14. The van der Waals surface area contributed by atoms with Gasteiger partial charge in [0.2, 0.25) is 0 Å². The fraction of sp³-hybridized carbons (Fsp3) is 0.684. The van der Waals surface area contributed by atoms with Crippen LogP contribution in [0.5, 0.6) is 0 Å². The molecule has 1 aromatic carbocycles. The van der Waals surface area contributed by atoms with Crippen LogP contribution in [0, 0.1) is 5.92 Å². The van der Waals surface area contributed by atoms with Crippen LogP contribution in [0.4, 0.5) is 0 Å². The third kappa shape index (κ3) is 4.40. The van der Waals surface area contributed by atoms with Gasteiger partial charge < -0.3 is 5.11 Å². The Bertz CT molecular complexity index is 564. The predicted octanol–water partition coefficient (Wildman–Crippen LogP) is 4.20. The Balaban J connectivity index is 2.32. The molecule has 3 atom stereocenters. The third-order valence-electron chi connectivity index (χ3n) is 5.09. The fourth-order valence-corrected chi connectivity index (χ4v) is 4.41. The molecule has 0 amide bonds. The van der Waals surface area contributed by atoms with Gasteiger partial charge in [0.1, 0.15) is 0 Å². The van der Waals surface area contributed by atoms with E-state index < -0.39 is 11.0 Å². The van der Waals surface area contributed by atoms with Crippen molar-refractivity contribution in [1.82, 2.24) is 4.72 Å². The molecule has 0 saturated heterocycles. The van der Waals surface area contributed by atoms with Gasteiger partial charge in [0.15, 0.2) is 0 Å². The average molecular weight is 372 g/mol. The summed E-state index contributed by atoms with van der Waals surface area (Å²) in [7, 11) is -1.14. The Kier molecular flexibility index (Phi) is 6.52. The van der Waals surface area contributed by atoms with Gasteiger partial charge in [-0.3, -0.25) is 0 Å². The van der Waals surface area contributed by atoms with E-state index in [0.717, 1.165) is 24.3 Å². The van der Waals surface area contributed by atoms with Crippen LogP contribution < -0.4 is 4.72 Å². The van der Waals surface area contributed by atoms with Gasteiger partial charge in [0.05, 0.1) is 15.7 Å². The van der Waals surface area contributed by atoms with Gasteiger partial charge in [-0.25, -0.2) is 8.93 Å². The number of halogens is 1. The molecule has 1 fully saturated rings. The van der Waals surface area contributed by atoms with Crippen molar-refractivity contribution in [3.63, 3.8) is 0 Å². The van der Waals surface area contributed by atoms with Crippen molar-refractivity contribution in [2.75, 3.05) is 6.61 Å². The van der Waals surface area contributed by atoms with Crippen LogP contribution in [0.2, 0.25) is 5.02 Å². The highest BCUT2D eigenvalue weighted by atomic mass is 35.5. The van der Waals surface area contributed by atoms with Crippen LogP contribution in [-0.2, 0) is 16.4 Å². The van der Waals surface area contributed by atoms with Crippen LogP contribution in [0.15, 0.2) is 24.3 Å². The second-order valence-corrected chi connectivity index (χ2v) is 10.5. The Morgan fingerprint density at radius 1 is 1.29 bits per heavy atom. The summed E-state index contributed by atoms with van der Waals surface area (Å²) in [4.78, 5) is 0. The normalized spacial score (nSPS) is 20.9. The summed E-state index contributed by atoms with van der Waals surface area (Å²) in [5.74, 6) is 0.171. The van der Waals surface area contributed by atoms with E-state index in [1.165, 1.54) is 12.0 Å². The smallest absolute Gasteiger partial charge is 0.0973 e. The molecule has 1 aliphatic carbocycles. The highest BCUT2D eigenvalue weighted by Crippen LogP contribution is 2.48. The molecule has 0 radical (unpaired) electrons. The van der Waals surface area contributed by atoms with Gasteiger partial charge in [0.25, 0.3) is 0 Å². The Hall–Kier alpha value is -0.420. The van der Waals surface area contributed by atoms with Crippen molar-refractivity contribution in [2.45, 2.75) is 69.6 Å². The highest BCUT2D eigenvalue weighted by Gasteiger charge is 2.46. The van der Waals surface area contributed by atoms with E-state index in [1.54, 1.807) is 0 Å². The number of hydrogen-bond acceptors (Lipinski definition) is 2. The summed E-state index contributed by atoms with van der Waals surface area (Å²) in [5.41, 5.74) is 1.24. The Morgan fingerprint density at radius 3 is 2.29 bits per heavy atom. The molecule has 2 N–H and O–H groups in total. The fourth-order valence-electron chi connectivity index (χ4n) is 3.35. The van der Waals surface area contributed by atoms with Gasteiger partial charge in [-0.2, -0.15) is 0 Å². The first kappa shape index (κ1) is 19.9. The molecular weight excluding hydrogens is 342 g/mol. The maximum Gasteiger partial charge on any atom is 0.0973 e. The van der Waals surface area contributed by atoms with E-state index in [1.807, 2.05) is 39.8 Å². The summed E-state index contributed by atoms with van der Waals surface area (Å²) >= 11 is 6.06. The van der Waals surface area contributed by atoms with Gasteiger partial charge in [0, 0.05) is 23.1 Å². The monoisotopic (exact) mass is 371 g/mol. The molecule has 0 bridgehead atoms. The second-order valence-electron chi connectivity index (χ2n) is 8.09. The van der Waals surface area contributed by atoms with Gasteiger partial charge in [-0.05, 0) is 63.6 Å². The van der Waals surface area contributed by atoms with Crippen LogP contribution in [-0.4, -0.2) is 26.7 Å². The number of rotatable bonds is 7. The lowest BCUT2D eigenvalue weighted by Gasteiger charge is -2.49. The zero-order chi connectivity index (χ0) is 18.0. The molecule has 0 aromatic heterocycles. The van der Waals surface area contributed by atoms with Crippen LogP contribution in [0.25, 0.3) is 0 Å². The number of nitrogens with one attached hydrogen (secondary N) is 1. The lowest BCUT2D eigenvalue weighted by molar-refractivity contribution is 0.145. The molecule has 1 aliphatic rings. The number of hydrogen-bond donors (Lipinski definition) is 2. The van der Waals surface area contributed by atoms with E-state index in [0.29, 0.717) is 0 Å². The summed E-state index contributed by atoms with van der Waals surface area (Å²) in [5, 5.41) is 10.3. The van der Waals surface area contributed by atoms with E-state index in [9.17, 15) is 9.32 Å². The Labute approximate surface area is 153 Å². The van der Waals surface area contributed by atoms with E-state index >= 15 is 0 Å². The third-order valence-corrected chi connectivity index (χ3v) is 6.95. The standard InChI is InChI=1S/C19H30ClNO2S/c1-14(13-22)12-17(21-24(23)18(2,3)4)19(10-5-11-19)15-6-8-16(20)9-7-15/h6-9,14,17,21-22H,5,10-13H2,1-4H3/t14-,17-,24?/m0/s1. The van der Waals surface area contributed by atoms with E-state index in [-0.39, 0.29) is 28.7 Å². The zero-order valence-corrected chi connectivity index (χ0v) is 16.7. The molecule has 1 aromatic rings. The molecule has 136 valence electrons. The van der Waals surface area contributed by atoms with Crippen molar-refractivity contribution in [3.8, 4) is 0 Å². The molecular formula is C19H30ClNO2S. The first-order valence-electron chi connectivity index (χ1n) is 8.74. The van der Waals surface area contributed by atoms with Crippen molar-refractivity contribution >= 4 is 22.6 Å². The molecule has 0 heterocycles. The first-order chi connectivity index (χ1) is 11.2. The molecule has 0 aliphatic heterocycles. The summed E-state index contributed by atoms with van der Waals surface area (Å²) in [6.07, 6.45) is 4.13. The maximum atomic E-state index is 12.7. The number of aliphatic hydroxyl groups is 1. The highest BCUT2D eigenvalue weighted by molar-refractivity contribution is 7.84. The minimum Gasteiger partial charge on any atom is -0.396 e. The van der Waals surface area contributed by atoms with E-state index in [2.05, 4.69) is 16.9 Å². The molecule has 0 spiro atoms. The Morgan fingerprint density at radius 2 is 1.88 bits per heavy atom. The molecule has 1 saturated carbocycles. The van der Waals surface area contributed by atoms with Crippen molar-refractivity contribution in [1.29, 1.82) is 0 Å². The van der Waals surface area contributed by atoms with E-state index in [4.69, 9.17) is 11.6 Å². The first-order valence-corrected chi connectivity index (χ1v) is 10.3. The number of aliphatic hydroxyl groups excluding tert-OH is 1. The zero-order valence-electron chi connectivity index (χ0n) is 15.1. The van der Waals surface area contributed by atoms with Crippen LogP contribution in [0.3, 0.4) is 0 Å². The molecule has 3 nitrogen and oxygen atoms in total. The van der Waals surface area contributed by atoms with Crippen molar-refractivity contribution in [2.24, 2.45) is 5.92 Å². The molecule has 5 heteroatoms. The second kappa shape index (κ2) is 7.86. The van der Waals surface area contributed by atoms with Crippen molar-refractivity contribution in [3.05, 3.63) is 34.9 Å². The average Bonchev–Trinajstić information content (AvgIpc) is 2.46. The molecule has 2 rings (SSSR count). The predicted molar refractivity (Wildman–Crippen MR) is 103 cm³/mol. The molecule has 24 heavy (non-hydrogen) atoms. The lowest BCUT2D eigenvalue weighted by Crippen LogP contribution is -2.55. The molecule has 1 unspecified atom stereocenters. The minimum absolute atomic E-state index is 0.0189. The number of benzene rings is 1. The lowest BCUT2D eigenvalue weighted by atomic mass is 9.59. The summed E-state index contributed by atoms with van der Waals surface area (Å²) < 4.78 is 15.8. The topological polar surface area (TPSA) is 49.3 Å². The summed E-state index contributed by atoms with van der Waals surface area (Å²) in [6, 6.07) is 8.14. The van der Waals surface area contributed by atoms with Gasteiger partial charge in [-0.1, -0.05) is 37.1 Å². The SMILES string of the molecule is C[C@H](CO)C[C@H](NS(=O)C(C)(C)C)C1(c2ccc(Cl)cc2)CCC1.